The minimum absolute atomic E-state index is 0.0268. The molecule has 2 aliphatic heterocycles. The third-order valence-corrected chi connectivity index (χ3v) is 13.6. The van der Waals surface area contributed by atoms with Crippen molar-refractivity contribution in [3.63, 3.8) is 0 Å². The fourth-order valence-electron chi connectivity index (χ4n) is 8.67. The second kappa shape index (κ2) is 14.0. The van der Waals surface area contributed by atoms with Crippen LogP contribution in [0.3, 0.4) is 0 Å². The normalized spacial score (nSPS) is 32.2. The largest absolute Gasteiger partial charge is 0.490 e. The number of nitrogens with zero attached hydrogens (tertiary/aromatic N) is 2. The molecule has 2 bridgehead atoms. The molecule has 6 atom stereocenters. The Bertz CT molecular complexity index is 1780. The maximum absolute atomic E-state index is 14.5. The molecule has 5 aliphatic rings. The molecule has 2 aromatic rings. The number of fused-ring (bicyclic) bond motifs is 4. The predicted molar refractivity (Wildman–Crippen MR) is 195 cm³/mol. The van der Waals surface area contributed by atoms with Crippen molar-refractivity contribution in [1.29, 1.82) is 0 Å². The summed E-state index contributed by atoms with van der Waals surface area (Å²) in [6, 6.07) is 11.6. The SMILES string of the molecule is COCC1(NC(=O)N[S@@]2(=O)=NC(=O)c3ccc4c(c3)N(C[C@@H]3CC[C@H]3[C@@H](OC)/C=C/C[C@H](C)C2)C[C@@]2(CCCc3cc(C)ccc32)CO4)CC1. The van der Waals surface area contributed by atoms with Gasteiger partial charge in [-0.1, -0.05) is 42.8 Å². The van der Waals surface area contributed by atoms with Crippen LogP contribution in [0.25, 0.3) is 0 Å². The van der Waals surface area contributed by atoms with E-state index in [0.717, 1.165) is 69.5 Å². The van der Waals surface area contributed by atoms with Crippen LogP contribution < -0.4 is 19.7 Å². The van der Waals surface area contributed by atoms with Crippen molar-refractivity contribution >= 4 is 27.5 Å². The Kier molecular flexibility index (Phi) is 9.77. The Morgan fingerprint density at radius 1 is 1.14 bits per heavy atom. The van der Waals surface area contributed by atoms with Crippen LogP contribution in [0.2, 0.25) is 0 Å². The number of carbonyl (C=O) groups excluding carboxylic acids is 2. The number of methoxy groups -OCH3 is 2. The third kappa shape index (κ3) is 7.19. The summed E-state index contributed by atoms with van der Waals surface area (Å²) in [4.78, 5) is 29.6. The molecule has 2 aromatic carbocycles. The van der Waals surface area contributed by atoms with Gasteiger partial charge >= 0.3 is 6.03 Å². The molecule has 1 spiro atoms. The van der Waals surface area contributed by atoms with Crippen LogP contribution in [0.5, 0.6) is 5.75 Å². The van der Waals surface area contributed by atoms with Gasteiger partial charge in [-0.25, -0.2) is 9.00 Å². The fourth-order valence-corrected chi connectivity index (χ4v) is 10.5. The molecule has 2 fully saturated rings. The number of allylic oxidation sites excluding steroid dienone is 1. The van der Waals surface area contributed by atoms with Gasteiger partial charge < -0.3 is 24.4 Å². The number of aryl methyl sites for hydroxylation is 2. The van der Waals surface area contributed by atoms with Gasteiger partial charge in [0.15, 0.2) is 0 Å². The van der Waals surface area contributed by atoms with Gasteiger partial charge in [-0.05, 0) is 105 Å². The summed E-state index contributed by atoms with van der Waals surface area (Å²) in [7, 11) is -0.123. The maximum atomic E-state index is 14.5. The average Bonchev–Trinajstić information content (AvgIpc) is 3.84. The molecule has 50 heavy (non-hydrogen) atoms. The van der Waals surface area contributed by atoms with E-state index in [9.17, 15) is 13.8 Å². The lowest BCUT2D eigenvalue weighted by molar-refractivity contribution is 0.0131. The highest BCUT2D eigenvalue weighted by Crippen LogP contribution is 2.47. The van der Waals surface area contributed by atoms with Crippen LogP contribution in [0.1, 0.15) is 78.9 Å². The first-order chi connectivity index (χ1) is 24.0. The molecule has 0 saturated heterocycles. The van der Waals surface area contributed by atoms with Gasteiger partial charge in [0.1, 0.15) is 15.7 Å². The van der Waals surface area contributed by atoms with Crippen LogP contribution in [0.15, 0.2) is 52.9 Å². The third-order valence-electron chi connectivity index (χ3n) is 11.6. The molecule has 7 rings (SSSR count). The van der Waals surface area contributed by atoms with Crippen molar-refractivity contribution in [3.05, 3.63) is 70.8 Å². The molecule has 0 radical (unpaired) electrons. The molecule has 3 amide bonds. The van der Waals surface area contributed by atoms with Gasteiger partial charge in [0, 0.05) is 38.3 Å². The number of nitrogens with one attached hydrogen (secondary N) is 2. The number of ether oxygens (including phenoxy) is 3. The van der Waals surface area contributed by atoms with E-state index in [1.165, 1.54) is 16.7 Å². The van der Waals surface area contributed by atoms with E-state index in [1.54, 1.807) is 20.3 Å². The summed E-state index contributed by atoms with van der Waals surface area (Å²) >= 11 is 0. The first-order valence-corrected chi connectivity index (χ1v) is 19.9. The Balaban J connectivity index is 1.27. The molecule has 11 heteroatoms. The van der Waals surface area contributed by atoms with Gasteiger partial charge in [-0.3, -0.25) is 9.52 Å². The highest BCUT2D eigenvalue weighted by molar-refractivity contribution is 7.92. The van der Waals surface area contributed by atoms with Gasteiger partial charge in [0.05, 0.1) is 36.3 Å². The summed E-state index contributed by atoms with van der Waals surface area (Å²) in [6.45, 7) is 6.61. The lowest BCUT2D eigenvalue weighted by atomic mass is 9.68. The first-order valence-electron chi connectivity index (χ1n) is 18.2. The monoisotopic (exact) mass is 704 g/mol. The van der Waals surface area contributed by atoms with Crippen molar-refractivity contribution in [2.45, 2.75) is 82.3 Å². The molecular formula is C39H52N4O6S. The van der Waals surface area contributed by atoms with Crippen molar-refractivity contribution in [2.75, 3.05) is 51.2 Å². The topological polar surface area (TPSA) is 119 Å². The van der Waals surface area contributed by atoms with E-state index in [4.69, 9.17) is 14.2 Å². The van der Waals surface area contributed by atoms with Crippen LogP contribution >= 0.6 is 0 Å². The van der Waals surface area contributed by atoms with Crippen LogP contribution in [0, 0.1) is 24.7 Å². The second-order valence-electron chi connectivity index (χ2n) is 15.6. The first kappa shape index (κ1) is 35.0. The smallest absolute Gasteiger partial charge is 0.327 e. The fraction of sp³-hybridized carbons (Fsp3) is 0.590. The standard InChI is InChI=1S/C39H52N4O6S/c1-26-10-14-32-28(19-26)8-6-16-38(32)23-43-21-30-11-13-31(30)34(48-4)9-5-7-27(2)22-50(46,42-37(45)40-39(17-18-39)25-47-3)41-36(44)29-12-15-35(49-24-38)33(43)20-29/h5,9-10,12,14-15,19-20,27,30-31,34H,6-8,11,13,16-18,21-25H2,1-4H3,(H2,40,41,42,44,45,46)/b9-5+/t27-,30-,31+,34-,38-,50-/m0/s1. The molecule has 270 valence electrons. The van der Waals surface area contributed by atoms with Crippen LogP contribution in [-0.4, -0.2) is 74.1 Å². The lowest BCUT2D eigenvalue weighted by Gasteiger charge is -2.46. The number of urea groups is 1. The molecule has 2 saturated carbocycles. The summed E-state index contributed by atoms with van der Waals surface area (Å²) < 4.78 is 39.4. The second-order valence-corrected chi connectivity index (χ2v) is 17.6. The van der Waals surface area contributed by atoms with Gasteiger partial charge in [0.25, 0.3) is 5.91 Å². The van der Waals surface area contributed by atoms with E-state index in [0.29, 0.717) is 37.0 Å². The number of anilines is 1. The van der Waals surface area contributed by atoms with Crippen molar-refractivity contribution in [3.8, 4) is 5.75 Å². The van der Waals surface area contributed by atoms with Gasteiger partial charge in [-0.2, -0.15) is 0 Å². The van der Waals surface area contributed by atoms with Crippen LogP contribution in [-0.2, 0) is 31.2 Å². The number of carbonyl (C=O) groups is 2. The zero-order chi connectivity index (χ0) is 35.1. The highest BCUT2D eigenvalue weighted by Gasteiger charge is 2.46. The zero-order valence-corrected chi connectivity index (χ0v) is 30.7. The van der Waals surface area contributed by atoms with Gasteiger partial charge in [-0.15, -0.1) is 4.36 Å². The summed E-state index contributed by atoms with van der Waals surface area (Å²) in [5.41, 5.74) is 4.53. The predicted octanol–water partition coefficient (Wildman–Crippen LogP) is 6.11. The molecule has 3 aliphatic carbocycles. The molecule has 2 N–H and O–H groups in total. The quantitative estimate of drug-likeness (QED) is 0.361. The molecule has 2 heterocycles. The number of hydrogen-bond acceptors (Lipinski definition) is 7. The highest BCUT2D eigenvalue weighted by atomic mass is 32.2. The maximum Gasteiger partial charge on any atom is 0.327 e. The number of benzene rings is 2. The van der Waals surface area contributed by atoms with Crippen molar-refractivity contribution in [2.24, 2.45) is 22.1 Å². The Labute approximate surface area is 297 Å². The van der Waals surface area contributed by atoms with Crippen molar-refractivity contribution in [1.82, 2.24) is 10.0 Å². The minimum Gasteiger partial charge on any atom is -0.490 e. The molecular weight excluding hydrogens is 653 g/mol. The molecule has 0 unspecified atom stereocenters. The van der Waals surface area contributed by atoms with Crippen molar-refractivity contribution < 1.29 is 28.0 Å². The number of rotatable bonds is 5. The van der Waals surface area contributed by atoms with E-state index < -0.39 is 27.4 Å². The molecule has 10 nitrogen and oxygen atoms in total. The van der Waals surface area contributed by atoms with Gasteiger partial charge in [0.2, 0.25) is 0 Å². The van der Waals surface area contributed by atoms with E-state index in [-0.39, 0.29) is 23.2 Å². The van der Waals surface area contributed by atoms with E-state index in [1.807, 2.05) is 19.1 Å². The Morgan fingerprint density at radius 3 is 2.72 bits per heavy atom. The minimum atomic E-state index is -3.49. The summed E-state index contributed by atoms with van der Waals surface area (Å²) in [5, 5.41) is 2.92. The number of hydrogen-bond donors (Lipinski definition) is 2. The summed E-state index contributed by atoms with van der Waals surface area (Å²) in [6.07, 6.45) is 11.7. The number of amides is 3. The van der Waals surface area contributed by atoms with E-state index >= 15 is 0 Å². The zero-order valence-electron chi connectivity index (χ0n) is 29.9. The van der Waals surface area contributed by atoms with Crippen LogP contribution in [0.4, 0.5) is 10.5 Å². The average molecular weight is 705 g/mol. The molecule has 0 aromatic heterocycles. The van der Waals surface area contributed by atoms with E-state index in [2.05, 4.69) is 56.6 Å². The summed E-state index contributed by atoms with van der Waals surface area (Å²) in [5.74, 6) is 0.792. The Morgan fingerprint density at radius 2 is 1.98 bits per heavy atom. The Hall–Kier alpha value is -3.41. The lowest BCUT2D eigenvalue weighted by Crippen LogP contribution is -2.49.